The number of carbonyl (C=O) groups excluding carboxylic acids is 1. The molecular weight excluding hydrogens is 371 g/mol. The van der Waals surface area contributed by atoms with Gasteiger partial charge < -0.3 is 14.2 Å². The third kappa shape index (κ3) is 4.17. The van der Waals surface area contributed by atoms with E-state index < -0.39 is 0 Å². The molecule has 0 aliphatic carbocycles. The number of ketones is 1. The molecule has 154 valence electrons. The number of Topliss-reactive ketones (excluding diaryl/α,β-unsaturated/α-hetero) is 1. The largest absolute Gasteiger partial charge is 0.496 e. The van der Waals surface area contributed by atoms with Gasteiger partial charge in [0.1, 0.15) is 13.6 Å². The fraction of sp³-hybridized carbons (Fsp3) is 0.400. The van der Waals surface area contributed by atoms with Gasteiger partial charge in [-0.1, -0.05) is 41.9 Å². The van der Waals surface area contributed by atoms with Crippen LogP contribution in [0.4, 0.5) is 0 Å². The molecular formula is C25H29BN2O2. The van der Waals surface area contributed by atoms with Crippen LogP contribution in [0.3, 0.4) is 0 Å². The van der Waals surface area contributed by atoms with E-state index in [4.69, 9.17) is 12.6 Å². The summed E-state index contributed by atoms with van der Waals surface area (Å²) in [5.74, 6) is 1.67. The second kappa shape index (κ2) is 9.09. The molecule has 3 aromatic rings. The molecule has 1 saturated heterocycles. The number of nitrogens with zero attached hydrogens (tertiary/aromatic N) is 2. The van der Waals surface area contributed by atoms with E-state index in [-0.39, 0.29) is 5.78 Å². The first kappa shape index (κ1) is 20.7. The molecule has 0 unspecified atom stereocenters. The summed E-state index contributed by atoms with van der Waals surface area (Å²) in [5.41, 5.74) is 3.82. The number of ether oxygens (including phenoxy) is 1. The minimum absolute atomic E-state index is 0.0859. The monoisotopic (exact) mass is 400 g/mol. The highest BCUT2D eigenvalue weighted by Gasteiger charge is 2.22. The van der Waals surface area contributed by atoms with E-state index in [1.165, 1.54) is 5.56 Å². The Morgan fingerprint density at radius 3 is 2.60 bits per heavy atom. The molecule has 1 aromatic heterocycles. The van der Waals surface area contributed by atoms with Crippen molar-refractivity contribution in [2.45, 2.75) is 38.6 Å². The van der Waals surface area contributed by atoms with Crippen molar-refractivity contribution in [3.05, 3.63) is 59.8 Å². The molecule has 0 amide bonds. The first-order chi connectivity index (χ1) is 14.6. The number of rotatable bonds is 7. The SMILES string of the molecule is [B]c1cccc2c(C(C)=O)cn(CCCN3CCC(c4ccccc4OC)CC3)c12. The van der Waals surface area contributed by atoms with Crippen molar-refractivity contribution >= 4 is 30.0 Å². The maximum absolute atomic E-state index is 12.0. The Balaban J connectivity index is 1.36. The Labute approximate surface area is 180 Å². The quantitative estimate of drug-likeness (QED) is 0.446. The van der Waals surface area contributed by atoms with E-state index in [2.05, 4.69) is 27.7 Å². The van der Waals surface area contributed by atoms with Gasteiger partial charge in [-0.2, -0.15) is 0 Å². The number of aromatic nitrogens is 1. The highest BCUT2D eigenvalue weighted by Crippen LogP contribution is 2.34. The number of hydrogen-bond acceptors (Lipinski definition) is 3. The molecule has 0 atom stereocenters. The van der Waals surface area contributed by atoms with E-state index in [0.29, 0.717) is 5.92 Å². The van der Waals surface area contributed by atoms with Crippen LogP contribution in [-0.4, -0.2) is 49.8 Å². The van der Waals surface area contributed by atoms with Crippen LogP contribution in [0.1, 0.15) is 48.0 Å². The number of methoxy groups -OCH3 is 1. The zero-order valence-corrected chi connectivity index (χ0v) is 17.9. The van der Waals surface area contributed by atoms with Crippen molar-refractivity contribution in [3.63, 3.8) is 0 Å². The molecule has 2 radical (unpaired) electrons. The van der Waals surface area contributed by atoms with Gasteiger partial charge >= 0.3 is 0 Å². The number of carbonyl (C=O) groups is 1. The molecule has 1 aliphatic heterocycles. The number of likely N-dealkylation sites (tertiary alicyclic amines) is 1. The lowest BCUT2D eigenvalue weighted by atomic mass is 9.89. The van der Waals surface area contributed by atoms with Crippen molar-refractivity contribution in [3.8, 4) is 5.75 Å². The van der Waals surface area contributed by atoms with Crippen molar-refractivity contribution in [2.24, 2.45) is 0 Å². The van der Waals surface area contributed by atoms with Crippen molar-refractivity contribution in [2.75, 3.05) is 26.7 Å². The number of para-hydroxylation sites is 2. The third-order valence-corrected chi connectivity index (χ3v) is 6.35. The number of piperidine rings is 1. The normalized spacial score (nSPS) is 15.5. The van der Waals surface area contributed by atoms with E-state index >= 15 is 0 Å². The summed E-state index contributed by atoms with van der Waals surface area (Å²) < 4.78 is 7.71. The van der Waals surface area contributed by atoms with Gasteiger partial charge in [-0.25, -0.2) is 0 Å². The fourth-order valence-corrected chi connectivity index (χ4v) is 4.78. The summed E-state index contributed by atoms with van der Waals surface area (Å²) in [6, 6.07) is 14.2. The molecule has 1 aliphatic rings. The molecule has 2 heterocycles. The fourth-order valence-electron chi connectivity index (χ4n) is 4.78. The molecule has 4 rings (SSSR count). The van der Waals surface area contributed by atoms with Crippen LogP contribution in [0, 0.1) is 0 Å². The Morgan fingerprint density at radius 1 is 1.10 bits per heavy atom. The topological polar surface area (TPSA) is 34.5 Å². The summed E-state index contributed by atoms with van der Waals surface area (Å²) in [5, 5.41) is 0.958. The number of hydrogen-bond donors (Lipinski definition) is 0. The third-order valence-electron chi connectivity index (χ3n) is 6.35. The van der Waals surface area contributed by atoms with Gasteiger partial charge in [-0.3, -0.25) is 4.79 Å². The van der Waals surface area contributed by atoms with Gasteiger partial charge in [0, 0.05) is 29.2 Å². The zero-order valence-electron chi connectivity index (χ0n) is 17.9. The molecule has 4 nitrogen and oxygen atoms in total. The number of fused-ring (bicyclic) bond motifs is 1. The Hall–Kier alpha value is -2.53. The maximum Gasteiger partial charge on any atom is 0.161 e. The molecule has 0 bridgehead atoms. The smallest absolute Gasteiger partial charge is 0.161 e. The zero-order chi connectivity index (χ0) is 21.1. The van der Waals surface area contributed by atoms with Crippen LogP contribution in [-0.2, 0) is 6.54 Å². The second-order valence-electron chi connectivity index (χ2n) is 8.25. The van der Waals surface area contributed by atoms with E-state index in [1.54, 1.807) is 14.0 Å². The Kier molecular flexibility index (Phi) is 6.28. The summed E-state index contributed by atoms with van der Waals surface area (Å²) in [7, 11) is 7.98. The van der Waals surface area contributed by atoms with Crippen LogP contribution < -0.4 is 10.2 Å². The summed E-state index contributed by atoms with van der Waals surface area (Å²) in [4.78, 5) is 14.6. The average molecular weight is 400 g/mol. The predicted octanol–water partition coefficient (Wildman–Crippen LogP) is 3.92. The van der Waals surface area contributed by atoms with Gasteiger partial charge in [0.25, 0.3) is 0 Å². The van der Waals surface area contributed by atoms with Gasteiger partial charge in [-0.15, -0.1) is 0 Å². The van der Waals surface area contributed by atoms with E-state index in [1.807, 2.05) is 30.5 Å². The summed E-state index contributed by atoms with van der Waals surface area (Å²) in [6.07, 6.45) is 5.33. The molecule has 5 heteroatoms. The maximum atomic E-state index is 12.0. The lowest BCUT2D eigenvalue weighted by molar-refractivity contribution is 0.101. The van der Waals surface area contributed by atoms with Crippen molar-refractivity contribution in [1.82, 2.24) is 9.47 Å². The van der Waals surface area contributed by atoms with Crippen LogP contribution in [0.5, 0.6) is 5.75 Å². The van der Waals surface area contributed by atoms with Gasteiger partial charge in [0.05, 0.1) is 7.11 Å². The Morgan fingerprint density at radius 2 is 1.87 bits per heavy atom. The standard InChI is InChI=1S/C25H29BN2O2/c1-18(29)22-17-28(25-21(22)8-5-9-23(25)26)14-6-13-27-15-11-19(12-16-27)20-7-3-4-10-24(20)30-2/h3-5,7-10,17,19H,6,11-16H2,1-2H3. The highest BCUT2D eigenvalue weighted by molar-refractivity contribution is 6.38. The minimum Gasteiger partial charge on any atom is -0.496 e. The molecule has 30 heavy (non-hydrogen) atoms. The number of benzene rings is 2. The highest BCUT2D eigenvalue weighted by atomic mass is 16.5. The molecule has 1 fully saturated rings. The van der Waals surface area contributed by atoms with Crippen LogP contribution >= 0.6 is 0 Å². The van der Waals surface area contributed by atoms with Gasteiger partial charge in [0.15, 0.2) is 5.78 Å². The second-order valence-corrected chi connectivity index (χ2v) is 8.25. The molecule has 0 saturated carbocycles. The minimum atomic E-state index is 0.0859. The first-order valence-corrected chi connectivity index (χ1v) is 10.8. The van der Waals surface area contributed by atoms with E-state index in [0.717, 1.165) is 73.1 Å². The number of aryl methyl sites for hydroxylation is 1. The molecule has 2 aromatic carbocycles. The first-order valence-electron chi connectivity index (χ1n) is 10.8. The Bertz CT molecular complexity index is 1030. The predicted molar refractivity (Wildman–Crippen MR) is 123 cm³/mol. The average Bonchev–Trinajstić information content (AvgIpc) is 3.14. The van der Waals surface area contributed by atoms with Gasteiger partial charge in [0.2, 0.25) is 0 Å². The van der Waals surface area contributed by atoms with Crippen LogP contribution in [0.15, 0.2) is 48.7 Å². The van der Waals surface area contributed by atoms with Crippen LogP contribution in [0.25, 0.3) is 10.9 Å². The lowest BCUT2D eigenvalue weighted by Crippen LogP contribution is -2.34. The van der Waals surface area contributed by atoms with Crippen molar-refractivity contribution in [1.29, 1.82) is 0 Å². The molecule has 0 N–H and O–H groups in total. The summed E-state index contributed by atoms with van der Waals surface area (Å²) >= 11 is 0. The van der Waals surface area contributed by atoms with E-state index in [9.17, 15) is 4.79 Å². The molecule has 0 spiro atoms. The van der Waals surface area contributed by atoms with Crippen LogP contribution in [0.2, 0.25) is 0 Å². The lowest BCUT2D eigenvalue weighted by Gasteiger charge is -2.32. The van der Waals surface area contributed by atoms with Crippen molar-refractivity contribution < 1.29 is 9.53 Å². The van der Waals surface area contributed by atoms with Gasteiger partial charge in [-0.05, 0) is 63.4 Å². The summed E-state index contributed by atoms with van der Waals surface area (Å²) in [6.45, 7) is 5.75.